The highest BCUT2D eigenvalue weighted by Crippen LogP contribution is 2.37. The molecule has 1 aliphatic rings. The zero-order chi connectivity index (χ0) is 13.4. The van der Waals surface area contributed by atoms with Crippen molar-refractivity contribution in [2.75, 3.05) is 5.32 Å². The fourth-order valence-electron chi connectivity index (χ4n) is 1.79. The molecule has 1 saturated carbocycles. The molecule has 0 spiro atoms. The summed E-state index contributed by atoms with van der Waals surface area (Å²) < 4.78 is 1.78. The first kappa shape index (κ1) is 11.9. The van der Waals surface area contributed by atoms with E-state index in [0.717, 1.165) is 18.7 Å². The monoisotopic (exact) mass is 260 g/mol. The number of aromatic nitrogens is 5. The van der Waals surface area contributed by atoms with Crippen LogP contribution in [0.15, 0.2) is 12.4 Å². The molecule has 0 radical (unpaired) electrons. The number of hydrogen-bond acceptors (Lipinski definition) is 4. The van der Waals surface area contributed by atoms with Crippen LogP contribution < -0.4 is 5.32 Å². The highest BCUT2D eigenvalue weighted by atomic mass is 16.2. The van der Waals surface area contributed by atoms with Crippen molar-refractivity contribution in [2.24, 2.45) is 0 Å². The number of aromatic amines is 1. The van der Waals surface area contributed by atoms with Gasteiger partial charge in [0.15, 0.2) is 0 Å². The Kier molecular flexibility index (Phi) is 2.81. The van der Waals surface area contributed by atoms with Gasteiger partial charge in [0, 0.05) is 18.2 Å². The molecule has 7 heteroatoms. The average Bonchev–Trinajstić information content (AvgIpc) is 2.92. The van der Waals surface area contributed by atoms with Crippen LogP contribution in [0.2, 0.25) is 0 Å². The number of carbonyl (C=O) groups is 1. The van der Waals surface area contributed by atoms with Crippen LogP contribution in [0, 0.1) is 0 Å². The number of carbonyl (C=O) groups excluding carboxylic acids is 1. The SMILES string of the molecule is CC(C)n1cc(NC(=O)c2n[nH]c(C3CC3)n2)cn1. The summed E-state index contributed by atoms with van der Waals surface area (Å²) in [4.78, 5) is 16.2. The Morgan fingerprint density at radius 2 is 2.32 bits per heavy atom. The van der Waals surface area contributed by atoms with Crippen molar-refractivity contribution in [1.29, 1.82) is 0 Å². The minimum atomic E-state index is -0.313. The summed E-state index contributed by atoms with van der Waals surface area (Å²) >= 11 is 0. The molecule has 2 N–H and O–H groups in total. The molecule has 0 unspecified atom stereocenters. The lowest BCUT2D eigenvalue weighted by Gasteiger charge is -2.03. The average molecular weight is 260 g/mol. The number of H-pyrrole nitrogens is 1. The Balaban J connectivity index is 1.68. The number of nitrogens with one attached hydrogen (secondary N) is 2. The van der Waals surface area contributed by atoms with E-state index >= 15 is 0 Å². The van der Waals surface area contributed by atoms with E-state index in [1.165, 1.54) is 0 Å². The van der Waals surface area contributed by atoms with Gasteiger partial charge in [0.05, 0.1) is 11.9 Å². The van der Waals surface area contributed by atoms with Gasteiger partial charge >= 0.3 is 0 Å². The number of anilines is 1. The van der Waals surface area contributed by atoms with Crippen LogP contribution >= 0.6 is 0 Å². The number of rotatable bonds is 4. The second-order valence-electron chi connectivity index (χ2n) is 5.08. The lowest BCUT2D eigenvalue weighted by molar-refractivity contribution is 0.101. The molecule has 1 amide bonds. The second kappa shape index (κ2) is 4.49. The minimum Gasteiger partial charge on any atom is -0.316 e. The zero-order valence-corrected chi connectivity index (χ0v) is 10.9. The van der Waals surface area contributed by atoms with E-state index in [1.807, 2.05) is 13.8 Å². The Labute approximate surface area is 110 Å². The van der Waals surface area contributed by atoms with E-state index in [1.54, 1.807) is 17.1 Å². The van der Waals surface area contributed by atoms with E-state index in [9.17, 15) is 4.79 Å². The first-order valence-electron chi connectivity index (χ1n) is 6.41. The Bertz CT molecular complexity index is 595. The maximum Gasteiger partial charge on any atom is 0.295 e. The van der Waals surface area contributed by atoms with Gasteiger partial charge in [0.1, 0.15) is 5.82 Å². The smallest absolute Gasteiger partial charge is 0.295 e. The molecule has 0 bridgehead atoms. The van der Waals surface area contributed by atoms with Gasteiger partial charge < -0.3 is 5.32 Å². The molecule has 19 heavy (non-hydrogen) atoms. The number of hydrogen-bond donors (Lipinski definition) is 2. The van der Waals surface area contributed by atoms with Crippen molar-refractivity contribution in [3.05, 3.63) is 24.0 Å². The summed E-state index contributed by atoms with van der Waals surface area (Å²) in [6, 6.07) is 0.260. The molecular weight excluding hydrogens is 244 g/mol. The Morgan fingerprint density at radius 3 is 2.95 bits per heavy atom. The van der Waals surface area contributed by atoms with Crippen LogP contribution in [0.25, 0.3) is 0 Å². The quantitative estimate of drug-likeness (QED) is 0.875. The Morgan fingerprint density at radius 1 is 1.53 bits per heavy atom. The summed E-state index contributed by atoms with van der Waals surface area (Å²) in [7, 11) is 0. The zero-order valence-electron chi connectivity index (χ0n) is 10.9. The summed E-state index contributed by atoms with van der Waals surface area (Å²) in [6.07, 6.45) is 5.65. The first-order valence-corrected chi connectivity index (χ1v) is 6.41. The maximum atomic E-state index is 12.0. The summed E-state index contributed by atoms with van der Waals surface area (Å²) in [5, 5.41) is 13.7. The minimum absolute atomic E-state index is 0.180. The van der Waals surface area contributed by atoms with Gasteiger partial charge in [0.2, 0.25) is 5.82 Å². The molecule has 0 atom stereocenters. The van der Waals surface area contributed by atoms with E-state index in [2.05, 4.69) is 25.6 Å². The summed E-state index contributed by atoms with van der Waals surface area (Å²) in [5.41, 5.74) is 0.650. The van der Waals surface area contributed by atoms with Crippen molar-refractivity contribution in [3.63, 3.8) is 0 Å². The van der Waals surface area contributed by atoms with Crippen molar-refractivity contribution in [3.8, 4) is 0 Å². The molecule has 100 valence electrons. The maximum absolute atomic E-state index is 12.0. The Hall–Kier alpha value is -2.18. The third-order valence-electron chi connectivity index (χ3n) is 3.06. The van der Waals surface area contributed by atoms with E-state index in [4.69, 9.17) is 0 Å². The topological polar surface area (TPSA) is 88.5 Å². The van der Waals surface area contributed by atoms with Gasteiger partial charge in [-0.15, -0.1) is 5.10 Å². The van der Waals surface area contributed by atoms with E-state index in [0.29, 0.717) is 11.6 Å². The van der Waals surface area contributed by atoms with Crippen LogP contribution in [-0.2, 0) is 0 Å². The molecule has 0 aliphatic heterocycles. The number of amides is 1. The molecule has 1 aliphatic carbocycles. The van der Waals surface area contributed by atoms with E-state index < -0.39 is 0 Å². The molecule has 0 aromatic carbocycles. The molecule has 7 nitrogen and oxygen atoms in total. The molecule has 0 saturated heterocycles. The molecule has 1 fully saturated rings. The van der Waals surface area contributed by atoms with Gasteiger partial charge in [-0.3, -0.25) is 14.6 Å². The molecule has 2 aromatic rings. The fraction of sp³-hybridized carbons (Fsp3) is 0.500. The van der Waals surface area contributed by atoms with Crippen molar-refractivity contribution in [1.82, 2.24) is 25.0 Å². The normalized spacial score (nSPS) is 14.9. The standard InChI is InChI=1S/C12H16N6O/c1-7(2)18-6-9(5-13-18)14-12(19)11-15-10(16-17-11)8-3-4-8/h5-8H,3-4H2,1-2H3,(H,14,19)(H,15,16,17). The van der Waals surface area contributed by atoms with Gasteiger partial charge in [0.25, 0.3) is 5.91 Å². The number of nitrogens with zero attached hydrogens (tertiary/aromatic N) is 4. The van der Waals surface area contributed by atoms with Crippen LogP contribution in [-0.4, -0.2) is 30.9 Å². The van der Waals surface area contributed by atoms with Crippen molar-refractivity contribution >= 4 is 11.6 Å². The van der Waals surface area contributed by atoms with Crippen LogP contribution in [0.3, 0.4) is 0 Å². The predicted molar refractivity (Wildman–Crippen MR) is 68.9 cm³/mol. The highest BCUT2D eigenvalue weighted by molar-refractivity contribution is 6.01. The third-order valence-corrected chi connectivity index (χ3v) is 3.06. The summed E-state index contributed by atoms with van der Waals surface area (Å²) in [6.45, 7) is 4.05. The van der Waals surface area contributed by atoms with E-state index in [-0.39, 0.29) is 17.8 Å². The lowest BCUT2D eigenvalue weighted by atomic mass is 10.4. The lowest BCUT2D eigenvalue weighted by Crippen LogP contribution is -2.13. The van der Waals surface area contributed by atoms with Crippen LogP contribution in [0.5, 0.6) is 0 Å². The van der Waals surface area contributed by atoms with Crippen LogP contribution in [0.4, 0.5) is 5.69 Å². The first-order chi connectivity index (χ1) is 9.13. The van der Waals surface area contributed by atoms with Gasteiger partial charge in [-0.25, -0.2) is 4.98 Å². The largest absolute Gasteiger partial charge is 0.316 e. The fourth-order valence-corrected chi connectivity index (χ4v) is 1.79. The predicted octanol–water partition coefficient (Wildman–Crippen LogP) is 1.71. The molecule has 3 rings (SSSR count). The van der Waals surface area contributed by atoms with Crippen molar-refractivity contribution in [2.45, 2.75) is 38.6 Å². The highest BCUT2D eigenvalue weighted by Gasteiger charge is 2.28. The van der Waals surface area contributed by atoms with Crippen LogP contribution in [0.1, 0.15) is 55.1 Å². The molecule has 2 heterocycles. The van der Waals surface area contributed by atoms with Gasteiger partial charge in [-0.05, 0) is 26.7 Å². The molecular formula is C12H16N6O. The molecule has 2 aromatic heterocycles. The summed E-state index contributed by atoms with van der Waals surface area (Å²) in [5.74, 6) is 1.13. The third kappa shape index (κ3) is 2.49. The van der Waals surface area contributed by atoms with Gasteiger partial charge in [-0.1, -0.05) is 0 Å². The second-order valence-corrected chi connectivity index (χ2v) is 5.08. The van der Waals surface area contributed by atoms with Gasteiger partial charge in [-0.2, -0.15) is 5.10 Å². The van der Waals surface area contributed by atoms with Crippen molar-refractivity contribution < 1.29 is 4.79 Å².